The number of oxime groups is 1. The Kier molecular flexibility index (Phi) is 7.94. The van der Waals surface area contributed by atoms with Crippen LogP contribution in [-0.2, 0) is 38.1 Å². The highest BCUT2D eigenvalue weighted by Crippen LogP contribution is 2.41. The van der Waals surface area contributed by atoms with E-state index in [1.807, 2.05) is 35.6 Å². The molecule has 0 spiro atoms. The fraction of sp³-hybridized carbons (Fsp3) is 0.409. The highest BCUT2D eigenvalue weighted by atomic mass is 32.2. The number of β-lactam (4-membered cyclic amide) rings is 1. The zero-order valence-corrected chi connectivity index (χ0v) is 23.7. The number of nitrogens with zero attached hydrogens (tertiary/aromatic N) is 5. The van der Waals surface area contributed by atoms with E-state index in [2.05, 4.69) is 15.5 Å². The molecule has 0 saturated carbocycles. The Hall–Kier alpha value is -3.57. The first kappa shape index (κ1) is 28.4. The summed E-state index contributed by atoms with van der Waals surface area (Å²) in [6.45, 7) is 2.51. The first-order valence-electron chi connectivity index (χ1n) is 11.4. The van der Waals surface area contributed by atoms with E-state index in [0.29, 0.717) is 17.1 Å². The number of thiazole rings is 1. The lowest BCUT2D eigenvalue weighted by Gasteiger charge is -2.49. The maximum atomic E-state index is 13.2. The van der Waals surface area contributed by atoms with Gasteiger partial charge in [0.15, 0.2) is 10.8 Å². The predicted molar refractivity (Wildman–Crippen MR) is 143 cm³/mol. The quantitative estimate of drug-likeness (QED) is 0.0948. The molecule has 0 bridgehead atoms. The number of aryl methyl sites for hydroxylation is 2. The van der Waals surface area contributed by atoms with Gasteiger partial charge in [0, 0.05) is 16.9 Å². The van der Waals surface area contributed by atoms with Gasteiger partial charge >= 0.3 is 17.1 Å². The van der Waals surface area contributed by atoms with Crippen molar-refractivity contribution in [3.8, 4) is 0 Å². The van der Waals surface area contributed by atoms with E-state index < -0.39 is 40.8 Å². The van der Waals surface area contributed by atoms with Crippen molar-refractivity contribution in [2.45, 2.75) is 36.0 Å². The van der Waals surface area contributed by atoms with Crippen LogP contribution in [0.5, 0.6) is 0 Å². The summed E-state index contributed by atoms with van der Waals surface area (Å²) < 4.78 is 3.84. The molecule has 0 aromatic carbocycles. The summed E-state index contributed by atoms with van der Waals surface area (Å²) in [5.74, 6) is -3.26. The fourth-order valence-corrected chi connectivity index (χ4v) is 6.83. The fourth-order valence-electron chi connectivity index (χ4n) is 3.74. The molecule has 1 fully saturated rings. The van der Waals surface area contributed by atoms with E-state index in [-0.39, 0.29) is 22.2 Å². The minimum Gasteiger partial charge on any atom is -0.478 e. The molecule has 2 atom stereocenters. The van der Waals surface area contributed by atoms with Crippen molar-refractivity contribution in [3.63, 3.8) is 0 Å². The summed E-state index contributed by atoms with van der Waals surface area (Å²) >= 11 is 3.83. The van der Waals surface area contributed by atoms with Gasteiger partial charge in [0.25, 0.3) is 11.8 Å². The van der Waals surface area contributed by atoms with E-state index in [1.165, 1.54) is 47.7 Å². The SMILES string of the molecule is Cn1cc[n+](C)c1SCC1=C(C(=O)O)N2C(=O)[C@@H](NC(=O)C(=NOC(C)(C)C(=O)O)c3csc(N)n3)[C@H]2SC1. The number of nitrogens with two attached hydrogens (primary N) is 1. The normalized spacial score (nSPS) is 19.4. The molecule has 1 saturated heterocycles. The molecule has 14 nitrogen and oxygen atoms in total. The number of nitrogens with one attached hydrogen (secondary N) is 1. The van der Waals surface area contributed by atoms with E-state index >= 15 is 0 Å². The van der Waals surface area contributed by atoms with Gasteiger partial charge in [0.1, 0.15) is 35.2 Å². The highest BCUT2D eigenvalue weighted by Gasteiger charge is 2.54. The van der Waals surface area contributed by atoms with Gasteiger partial charge in [-0.15, -0.1) is 23.1 Å². The third kappa shape index (κ3) is 5.60. The zero-order chi connectivity index (χ0) is 28.6. The largest absolute Gasteiger partial charge is 0.478 e. The molecule has 0 aliphatic carbocycles. The molecular weight excluding hydrogens is 570 g/mol. The van der Waals surface area contributed by atoms with Gasteiger partial charge < -0.3 is 26.1 Å². The number of imidazole rings is 1. The number of rotatable bonds is 10. The Morgan fingerprint density at radius 2 is 2.10 bits per heavy atom. The molecule has 2 aromatic heterocycles. The number of carbonyl (C=O) groups excluding carboxylic acids is 2. The summed E-state index contributed by atoms with van der Waals surface area (Å²) in [7, 11) is 3.77. The maximum Gasteiger partial charge on any atom is 0.352 e. The Morgan fingerprint density at radius 3 is 2.67 bits per heavy atom. The van der Waals surface area contributed by atoms with Crippen LogP contribution in [0.15, 0.2) is 39.4 Å². The first-order valence-corrected chi connectivity index (χ1v) is 14.3. The number of amides is 2. The van der Waals surface area contributed by atoms with E-state index in [1.54, 1.807) is 0 Å². The summed E-state index contributed by atoms with van der Waals surface area (Å²) in [5.41, 5.74) is 4.10. The van der Waals surface area contributed by atoms with E-state index in [9.17, 15) is 29.4 Å². The van der Waals surface area contributed by atoms with Crippen molar-refractivity contribution in [1.82, 2.24) is 19.8 Å². The van der Waals surface area contributed by atoms with Crippen LogP contribution in [0.1, 0.15) is 19.5 Å². The number of carboxylic acid groups (broad SMARTS) is 2. The molecule has 4 rings (SSSR count). The number of hydrogen-bond acceptors (Lipinski definition) is 11. The van der Waals surface area contributed by atoms with Gasteiger partial charge in [0.2, 0.25) is 5.60 Å². The van der Waals surface area contributed by atoms with E-state index in [0.717, 1.165) is 16.5 Å². The molecule has 2 aliphatic heterocycles. The summed E-state index contributed by atoms with van der Waals surface area (Å²) in [5, 5.41) is 27.4. The number of aliphatic carboxylic acids is 2. The van der Waals surface area contributed by atoms with Crippen LogP contribution in [0.2, 0.25) is 0 Å². The second-order valence-electron chi connectivity index (χ2n) is 9.13. The monoisotopic (exact) mass is 596 g/mol. The van der Waals surface area contributed by atoms with Gasteiger partial charge in [-0.3, -0.25) is 14.5 Å². The minimum atomic E-state index is -1.75. The molecule has 0 radical (unpaired) electrons. The van der Waals surface area contributed by atoms with Crippen LogP contribution < -0.4 is 15.6 Å². The first-order chi connectivity index (χ1) is 18.3. The lowest BCUT2D eigenvalue weighted by molar-refractivity contribution is -0.709. The number of nitrogen functional groups attached to an aromatic ring is 1. The Labute approximate surface area is 234 Å². The van der Waals surface area contributed by atoms with E-state index in [4.69, 9.17) is 10.6 Å². The molecule has 208 valence electrons. The van der Waals surface area contributed by atoms with Gasteiger partial charge in [-0.1, -0.05) is 5.16 Å². The number of carboxylic acids is 2. The lowest BCUT2D eigenvalue weighted by atomic mass is 10.0. The van der Waals surface area contributed by atoms with Crippen molar-refractivity contribution in [3.05, 3.63) is 34.7 Å². The molecule has 5 N–H and O–H groups in total. The van der Waals surface area contributed by atoms with Crippen LogP contribution in [0.4, 0.5) is 5.13 Å². The molecule has 39 heavy (non-hydrogen) atoms. The molecule has 4 heterocycles. The summed E-state index contributed by atoms with van der Waals surface area (Å²) in [6, 6.07) is -1.04. The van der Waals surface area contributed by atoms with Gasteiger partial charge in [-0.05, 0) is 31.2 Å². The molecule has 2 aromatic rings. The number of carbonyl (C=O) groups is 4. The molecule has 2 aliphatic rings. The summed E-state index contributed by atoms with van der Waals surface area (Å²) in [4.78, 5) is 60.2. The van der Waals surface area contributed by atoms with Crippen molar-refractivity contribution in [2.24, 2.45) is 19.3 Å². The van der Waals surface area contributed by atoms with Crippen LogP contribution in [0.3, 0.4) is 0 Å². The van der Waals surface area contributed by atoms with Crippen molar-refractivity contribution < 1.29 is 38.8 Å². The minimum absolute atomic E-state index is 0.0374. The van der Waals surface area contributed by atoms with Crippen molar-refractivity contribution >= 4 is 69.5 Å². The smallest absolute Gasteiger partial charge is 0.352 e. The Bertz CT molecular complexity index is 1390. The summed E-state index contributed by atoms with van der Waals surface area (Å²) in [6.07, 6.45) is 3.77. The number of anilines is 1. The van der Waals surface area contributed by atoms with Crippen LogP contribution in [0, 0.1) is 0 Å². The number of fused-ring (bicyclic) bond motifs is 1. The number of thioether (sulfide) groups is 2. The maximum absolute atomic E-state index is 13.2. The number of aromatic nitrogens is 3. The van der Waals surface area contributed by atoms with Gasteiger partial charge in [0.05, 0.1) is 14.1 Å². The Morgan fingerprint density at radius 1 is 1.38 bits per heavy atom. The molecular formula is C22H26N7O7S3+. The second-order valence-corrected chi connectivity index (χ2v) is 12.1. The van der Waals surface area contributed by atoms with Gasteiger partial charge in [-0.25, -0.2) is 23.7 Å². The van der Waals surface area contributed by atoms with Crippen LogP contribution >= 0.6 is 34.9 Å². The third-order valence-corrected chi connectivity index (χ3v) is 9.23. The van der Waals surface area contributed by atoms with Crippen LogP contribution in [0.25, 0.3) is 0 Å². The highest BCUT2D eigenvalue weighted by molar-refractivity contribution is 8.01. The van der Waals surface area contributed by atoms with Gasteiger partial charge in [-0.2, -0.15) is 0 Å². The second kappa shape index (κ2) is 10.9. The lowest BCUT2D eigenvalue weighted by Crippen LogP contribution is -2.71. The average Bonchev–Trinajstić information content (AvgIpc) is 3.44. The zero-order valence-electron chi connectivity index (χ0n) is 21.3. The van der Waals surface area contributed by atoms with Crippen molar-refractivity contribution in [1.29, 1.82) is 0 Å². The topological polar surface area (TPSA) is 193 Å². The third-order valence-electron chi connectivity index (χ3n) is 5.89. The number of hydrogen-bond donors (Lipinski definition) is 4. The molecule has 2 amide bonds. The molecule has 0 unspecified atom stereocenters. The standard InChI is InChI=1S/C22H25N7O7S3/c1-22(2,19(34)35)36-26-12(11-9-38-20(23)24-11)15(30)25-13-16(31)29-14(18(32)33)10(7-37-17(13)29)8-39-21-27(3)5-6-28(21)4/h5-6,9,13,17H,7-8H2,1-4H3,(H4-,23,24,25,30,32,33,34,35)/p+1/t13-,17-/m1/s1. The molecule has 17 heteroatoms. The predicted octanol–water partition coefficient (Wildman–Crippen LogP) is 0.00310. The Balaban J connectivity index is 1.53. The average molecular weight is 597 g/mol. The van der Waals surface area contributed by atoms with Crippen molar-refractivity contribution in [2.75, 3.05) is 17.2 Å². The van der Waals surface area contributed by atoms with Crippen LogP contribution in [-0.4, -0.2) is 82.7 Å².